The van der Waals surface area contributed by atoms with Gasteiger partial charge in [-0.1, -0.05) is 34.4 Å². The minimum atomic E-state index is -1.17. The van der Waals surface area contributed by atoms with Crippen LogP contribution < -0.4 is 4.90 Å². The summed E-state index contributed by atoms with van der Waals surface area (Å²) in [6.07, 6.45) is -1.17. The lowest BCUT2D eigenvalue weighted by Gasteiger charge is -2.16. The Labute approximate surface area is 155 Å². The monoisotopic (exact) mass is 394 g/mol. The maximum Gasteiger partial charge on any atom is 0.279 e. The van der Waals surface area contributed by atoms with E-state index < -0.39 is 29.6 Å². The molecule has 126 valence electrons. The van der Waals surface area contributed by atoms with Crippen LogP contribution in [0.5, 0.6) is 0 Å². The van der Waals surface area contributed by atoms with Crippen molar-refractivity contribution >= 4 is 63.5 Å². The summed E-state index contributed by atoms with van der Waals surface area (Å²) < 4.78 is 0. The molecule has 0 unspecified atom stereocenters. The number of fused-ring (bicyclic) bond motifs is 1. The Morgan fingerprint density at radius 3 is 2.72 bits per heavy atom. The minimum absolute atomic E-state index is 0.0774. The Bertz CT molecular complexity index is 942. The highest BCUT2D eigenvalue weighted by Crippen LogP contribution is 2.38. The van der Waals surface area contributed by atoms with E-state index in [1.807, 2.05) is 0 Å². The van der Waals surface area contributed by atoms with Crippen LogP contribution in [-0.4, -0.2) is 29.4 Å². The van der Waals surface area contributed by atoms with Gasteiger partial charge in [-0.05, 0) is 29.6 Å². The molecule has 0 spiro atoms. The molecule has 2 aromatic rings. The maximum absolute atomic E-state index is 12.8. The third-order valence-electron chi connectivity index (χ3n) is 3.94. The summed E-state index contributed by atoms with van der Waals surface area (Å²) in [5.74, 6) is -2.75. The first kappa shape index (κ1) is 16.3. The Balaban J connectivity index is 1.71. The molecule has 0 N–H and O–H groups in total. The number of hydrogen-bond donors (Lipinski definition) is 0. The Morgan fingerprint density at radius 2 is 2.00 bits per heavy atom. The van der Waals surface area contributed by atoms with E-state index >= 15 is 0 Å². The molecule has 0 saturated carbocycles. The second-order valence-electron chi connectivity index (χ2n) is 5.39. The largest absolute Gasteiger partial charge is 0.381 e. The number of imide groups is 1. The summed E-state index contributed by atoms with van der Waals surface area (Å²) in [7, 11) is 0. The molecule has 2 aliphatic heterocycles. The summed E-state index contributed by atoms with van der Waals surface area (Å²) in [5.41, 5.74) is 0.0801. The molecule has 3 heterocycles. The molecule has 0 aliphatic carbocycles. The predicted octanol–water partition coefficient (Wildman–Crippen LogP) is 3.18. The predicted molar refractivity (Wildman–Crippen MR) is 93.4 cm³/mol. The van der Waals surface area contributed by atoms with Crippen molar-refractivity contribution < 1.29 is 19.2 Å². The lowest BCUT2D eigenvalue weighted by molar-refractivity contribution is -0.126. The Hall–Kier alpha value is -2.22. The average Bonchev–Trinajstić information content (AvgIpc) is 3.30. The number of Topliss-reactive ketones (excluding diaryl/α,β-unsaturated/α-hetero) is 1. The smallest absolute Gasteiger partial charge is 0.279 e. The van der Waals surface area contributed by atoms with Gasteiger partial charge in [-0.2, -0.15) is 0 Å². The van der Waals surface area contributed by atoms with Gasteiger partial charge in [-0.25, -0.2) is 4.90 Å². The van der Waals surface area contributed by atoms with Gasteiger partial charge < -0.3 is 4.84 Å². The van der Waals surface area contributed by atoms with Gasteiger partial charge in [0.2, 0.25) is 17.8 Å². The highest BCUT2D eigenvalue weighted by Gasteiger charge is 2.57. The Morgan fingerprint density at radius 1 is 1.20 bits per heavy atom. The van der Waals surface area contributed by atoms with Crippen LogP contribution >= 0.6 is 34.5 Å². The third-order valence-corrected chi connectivity index (χ3v) is 5.36. The average molecular weight is 395 g/mol. The third kappa shape index (κ3) is 2.47. The van der Waals surface area contributed by atoms with Crippen LogP contribution in [0.25, 0.3) is 0 Å². The fraction of sp³-hybridized carbons (Fsp3) is 0.125. The van der Waals surface area contributed by atoms with Crippen LogP contribution in [0.15, 0.2) is 40.9 Å². The van der Waals surface area contributed by atoms with Gasteiger partial charge in [0.25, 0.3) is 5.91 Å². The zero-order valence-electron chi connectivity index (χ0n) is 12.3. The van der Waals surface area contributed by atoms with Gasteiger partial charge in [-0.15, -0.1) is 11.3 Å². The van der Waals surface area contributed by atoms with Crippen LogP contribution in [0.4, 0.5) is 5.69 Å². The zero-order chi connectivity index (χ0) is 17.7. The van der Waals surface area contributed by atoms with Gasteiger partial charge in [0.05, 0.1) is 15.6 Å². The minimum Gasteiger partial charge on any atom is -0.381 e. The van der Waals surface area contributed by atoms with Crippen molar-refractivity contribution in [1.82, 2.24) is 0 Å². The molecular formula is C16H8Cl2N2O4S. The highest BCUT2D eigenvalue weighted by molar-refractivity contribution is 7.13. The molecule has 6 nitrogen and oxygen atoms in total. The second-order valence-corrected chi connectivity index (χ2v) is 7.19. The number of benzene rings is 1. The van der Waals surface area contributed by atoms with E-state index in [4.69, 9.17) is 28.0 Å². The highest BCUT2D eigenvalue weighted by atomic mass is 35.5. The summed E-state index contributed by atoms with van der Waals surface area (Å²) in [6.45, 7) is 0. The number of nitrogens with zero attached hydrogens (tertiary/aromatic N) is 2. The lowest BCUT2D eigenvalue weighted by Crippen LogP contribution is -2.34. The lowest BCUT2D eigenvalue weighted by atomic mass is 9.96. The molecule has 1 aromatic carbocycles. The standard InChI is InChI=1S/C16H8Cl2N2O4S/c17-7-3-4-8(18)9(6-7)20-15(22)11-12(19-24-14(11)16(20)23)13(21)10-2-1-5-25-10/h1-6,11,14H/t11-,14+/m1/s1. The van der Waals surface area contributed by atoms with Crippen molar-refractivity contribution in [3.63, 3.8) is 0 Å². The molecule has 4 rings (SSSR count). The van der Waals surface area contributed by atoms with Crippen LogP contribution in [0.1, 0.15) is 9.67 Å². The Kier molecular flexibility index (Phi) is 3.87. The molecular weight excluding hydrogens is 387 g/mol. The zero-order valence-corrected chi connectivity index (χ0v) is 14.6. The van der Waals surface area contributed by atoms with Gasteiger partial charge in [-0.3, -0.25) is 14.4 Å². The van der Waals surface area contributed by atoms with Crippen molar-refractivity contribution in [1.29, 1.82) is 0 Å². The summed E-state index contributed by atoms with van der Waals surface area (Å²) in [4.78, 5) is 44.4. The van der Waals surface area contributed by atoms with E-state index in [1.165, 1.54) is 23.5 Å². The van der Waals surface area contributed by atoms with Crippen LogP contribution in [0.3, 0.4) is 0 Å². The fourth-order valence-corrected chi connectivity index (χ4v) is 3.84. The number of rotatable bonds is 3. The first-order valence-electron chi connectivity index (χ1n) is 7.14. The van der Waals surface area contributed by atoms with E-state index in [-0.39, 0.29) is 16.4 Å². The van der Waals surface area contributed by atoms with Gasteiger partial charge in [0.1, 0.15) is 11.6 Å². The molecule has 1 fully saturated rings. The van der Waals surface area contributed by atoms with Gasteiger partial charge >= 0.3 is 0 Å². The topological polar surface area (TPSA) is 76.0 Å². The molecule has 0 bridgehead atoms. The first-order valence-corrected chi connectivity index (χ1v) is 8.77. The van der Waals surface area contributed by atoms with Gasteiger partial charge in [0.15, 0.2) is 0 Å². The number of oxime groups is 1. The number of thiophene rings is 1. The molecule has 2 amide bonds. The fourth-order valence-electron chi connectivity index (χ4n) is 2.79. The quantitative estimate of drug-likeness (QED) is 0.591. The number of hydrogen-bond acceptors (Lipinski definition) is 6. The SMILES string of the molecule is O=C(C1=NO[C@@H]2C(=O)N(c3cc(Cl)ccc3Cl)C(=O)[C@H]12)c1cccs1. The van der Waals surface area contributed by atoms with Gasteiger partial charge in [0, 0.05) is 5.02 Å². The van der Waals surface area contributed by atoms with E-state index in [0.29, 0.717) is 9.90 Å². The summed E-state index contributed by atoms with van der Waals surface area (Å²) >= 11 is 13.3. The van der Waals surface area contributed by atoms with Crippen LogP contribution in [-0.2, 0) is 14.4 Å². The number of carbonyl (C=O) groups excluding carboxylic acids is 3. The van der Waals surface area contributed by atoms with Crippen molar-refractivity contribution in [2.75, 3.05) is 4.90 Å². The summed E-state index contributed by atoms with van der Waals surface area (Å²) in [6, 6.07) is 7.78. The van der Waals surface area contributed by atoms with E-state index in [1.54, 1.807) is 23.6 Å². The van der Waals surface area contributed by atoms with Crippen molar-refractivity contribution in [2.24, 2.45) is 11.1 Å². The summed E-state index contributed by atoms with van der Waals surface area (Å²) in [5, 5.41) is 5.94. The van der Waals surface area contributed by atoms with E-state index in [2.05, 4.69) is 5.16 Å². The van der Waals surface area contributed by atoms with Crippen LogP contribution in [0.2, 0.25) is 10.0 Å². The first-order chi connectivity index (χ1) is 12.0. The number of anilines is 1. The van der Waals surface area contributed by atoms with Crippen molar-refractivity contribution in [3.8, 4) is 0 Å². The molecule has 1 saturated heterocycles. The molecule has 25 heavy (non-hydrogen) atoms. The number of halogens is 2. The molecule has 2 atom stereocenters. The molecule has 1 aromatic heterocycles. The molecule has 9 heteroatoms. The molecule has 0 radical (unpaired) electrons. The normalized spacial score (nSPS) is 22.0. The number of amides is 2. The van der Waals surface area contributed by atoms with Crippen LogP contribution in [0, 0.1) is 5.92 Å². The maximum atomic E-state index is 12.8. The van der Waals surface area contributed by atoms with Crippen molar-refractivity contribution in [3.05, 3.63) is 50.6 Å². The second kappa shape index (κ2) is 5.94. The van der Waals surface area contributed by atoms with E-state index in [0.717, 1.165) is 4.90 Å². The number of ketones is 1. The molecule has 2 aliphatic rings. The number of carbonyl (C=O) groups is 3. The van der Waals surface area contributed by atoms with Crippen molar-refractivity contribution in [2.45, 2.75) is 6.10 Å². The van der Waals surface area contributed by atoms with E-state index in [9.17, 15) is 14.4 Å².